The van der Waals surface area contributed by atoms with Crippen LogP contribution in [0.15, 0.2) is 23.1 Å². The molecular formula is C12H17N5O. The summed E-state index contributed by atoms with van der Waals surface area (Å²) in [5.41, 5.74) is 7.14. The van der Waals surface area contributed by atoms with E-state index in [1.807, 2.05) is 20.0 Å². The normalized spacial score (nSPS) is 12.6. The molecule has 0 aliphatic carbocycles. The van der Waals surface area contributed by atoms with Crippen LogP contribution in [0.3, 0.4) is 0 Å². The number of nitrogens with one attached hydrogen (secondary N) is 1. The van der Waals surface area contributed by atoms with Gasteiger partial charge in [0.2, 0.25) is 0 Å². The molecule has 1 unspecified atom stereocenters. The van der Waals surface area contributed by atoms with E-state index >= 15 is 0 Å². The Balaban J connectivity index is 2.38. The van der Waals surface area contributed by atoms with E-state index in [0.29, 0.717) is 17.9 Å². The number of rotatable bonds is 4. The standard InChI is InChI=1S/C12H17N5O/c1-3-8(13)6-11-15-9(7-12(18)16-11)10-4-5-14-17(10)2/h4-5,7-8H,3,6,13H2,1-2H3,(H,15,16,18). The molecule has 18 heavy (non-hydrogen) atoms. The maximum Gasteiger partial charge on any atom is 0.251 e. The third-order valence-corrected chi connectivity index (χ3v) is 2.85. The lowest BCUT2D eigenvalue weighted by molar-refractivity contribution is 0.623. The lowest BCUT2D eigenvalue weighted by Gasteiger charge is -2.09. The first-order chi connectivity index (χ1) is 8.60. The van der Waals surface area contributed by atoms with Gasteiger partial charge in [-0.2, -0.15) is 5.10 Å². The largest absolute Gasteiger partial charge is 0.327 e. The average Bonchev–Trinajstić information content (AvgIpc) is 2.74. The molecule has 2 aromatic heterocycles. The van der Waals surface area contributed by atoms with Gasteiger partial charge in [-0.15, -0.1) is 0 Å². The fourth-order valence-corrected chi connectivity index (χ4v) is 1.75. The number of hydrogen-bond donors (Lipinski definition) is 2. The molecule has 6 heteroatoms. The molecule has 0 aliphatic rings. The van der Waals surface area contributed by atoms with Crippen LogP contribution in [0, 0.1) is 0 Å². The summed E-state index contributed by atoms with van der Waals surface area (Å²) in [6.07, 6.45) is 3.09. The molecule has 3 N–H and O–H groups in total. The van der Waals surface area contributed by atoms with Gasteiger partial charge in [-0.1, -0.05) is 6.92 Å². The maximum atomic E-state index is 11.6. The van der Waals surface area contributed by atoms with Crippen LogP contribution in [-0.2, 0) is 13.5 Å². The van der Waals surface area contributed by atoms with Gasteiger partial charge in [-0.25, -0.2) is 4.98 Å². The van der Waals surface area contributed by atoms with Crippen molar-refractivity contribution in [1.29, 1.82) is 0 Å². The Labute approximate surface area is 105 Å². The molecular weight excluding hydrogens is 230 g/mol. The topological polar surface area (TPSA) is 89.6 Å². The molecule has 2 rings (SSSR count). The average molecular weight is 247 g/mol. The predicted octanol–water partition coefficient (Wildman–Crippen LogP) is 0.450. The summed E-state index contributed by atoms with van der Waals surface area (Å²) < 4.78 is 1.69. The zero-order chi connectivity index (χ0) is 13.1. The molecule has 0 radical (unpaired) electrons. The van der Waals surface area contributed by atoms with E-state index in [0.717, 1.165) is 12.1 Å². The van der Waals surface area contributed by atoms with Crippen molar-refractivity contribution < 1.29 is 0 Å². The number of aryl methyl sites for hydroxylation is 1. The summed E-state index contributed by atoms with van der Waals surface area (Å²) in [4.78, 5) is 18.8. The van der Waals surface area contributed by atoms with Crippen LogP contribution < -0.4 is 11.3 Å². The Hall–Kier alpha value is -1.95. The van der Waals surface area contributed by atoms with Crippen molar-refractivity contribution in [3.05, 3.63) is 34.5 Å². The molecule has 2 heterocycles. The summed E-state index contributed by atoms with van der Waals surface area (Å²) in [6.45, 7) is 2.01. The fourth-order valence-electron chi connectivity index (χ4n) is 1.75. The maximum absolute atomic E-state index is 11.6. The van der Waals surface area contributed by atoms with Crippen molar-refractivity contribution in [1.82, 2.24) is 19.7 Å². The smallest absolute Gasteiger partial charge is 0.251 e. The predicted molar refractivity (Wildman–Crippen MR) is 69.0 cm³/mol. The molecule has 1 atom stereocenters. The molecule has 0 saturated heterocycles. The minimum Gasteiger partial charge on any atom is -0.327 e. The second-order valence-corrected chi connectivity index (χ2v) is 4.29. The number of nitrogens with zero attached hydrogens (tertiary/aromatic N) is 3. The first-order valence-corrected chi connectivity index (χ1v) is 5.94. The lowest BCUT2D eigenvalue weighted by Crippen LogP contribution is -2.24. The van der Waals surface area contributed by atoms with Crippen LogP contribution in [0.1, 0.15) is 19.2 Å². The van der Waals surface area contributed by atoms with E-state index in [-0.39, 0.29) is 11.6 Å². The van der Waals surface area contributed by atoms with Crippen LogP contribution in [0.5, 0.6) is 0 Å². The highest BCUT2D eigenvalue weighted by molar-refractivity contribution is 5.53. The highest BCUT2D eigenvalue weighted by Crippen LogP contribution is 2.13. The molecule has 2 aromatic rings. The SMILES string of the molecule is CCC(N)Cc1nc(-c2ccnn2C)cc(=O)[nH]1. The molecule has 0 bridgehead atoms. The van der Waals surface area contributed by atoms with Crippen molar-refractivity contribution in [2.24, 2.45) is 12.8 Å². The number of aromatic amines is 1. The molecule has 0 fully saturated rings. The van der Waals surface area contributed by atoms with Gasteiger partial charge in [0.25, 0.3) is 5.56 Å². The van der Waals surface area contributed by atoms with Crippen molar-refractivity contribution in [3.8, 4) is 11.4 Å². The van der Waals surface area contributed by atoms with E-state index in [4.69, 9.17) is 5.73 Å². The first kappa shape index (κ1) is 12.5. The number of hydrogen-bond acceptors (Lipinski definition) is 4. The Morgan fingerprint density at radius 1 is 1.56 bits per heavy atom. The van der Waals surface area contributed by atoms with Gasteiger partial charge in [-0.3, -0.25) is 9.48 Å². The molecule has 96 valence electrons. The van der Waals surface area contributed by atoms with E-state index in [9.17, 15) is 4.79 Å². The van der Waals surface area contributed by atoms with E-state index in [1.165, 1.54) is 6.07 Å². The Bertz CT molecular complexity index is 586. The summed E-state index contributed by atoms with van der Waals surface area (Å²) in [6, 6.07) is 3.30. The third kappa shape index (κ3) is 2.65. The van der Waals surface area contributed by atoms with Crippen LogP contribution in [-0.4, -0.2) is 25.8 Å². The van der Waals surface area contributed by atoms with Gasteiger partial charge in [0.1, 0.15) is 5.82 Å². The molecule has 6 nitrogen and oxygen atoms in total. The van der Waals surface area contributed by atoms with E-state index in [1.54, 1.807) is 10.9 Å². The van der Waals surface area contributed by atoms with Crippen LogP contribution >= 0.6 is 0 Å². The molecule has 0 aromatic carbocycles. The van der Waals surface area contributed by atoms with Crippen LogP contribution in [0.2, 0.25) is 0 Å². The highest BCUT2D eigenvalue weighted by atomic mass is 16.1. The van der Waals surface area contributed by atoms with Crippen molar-refractivity contribution in [2.45, 2.75) is 25.8 Å². The van der Waals surface area contributed by atoms with Crippen molar-refractivity contribution in [3.63, 3.8) is 0 Å². The van der Waals surface area contributed by atoms with Crippen LogP contribution in [0.4, 0.5) is 0 Å². The number of nitrogens with two attached hydrogens (primary N) is 1. The summed E-state index contributed by atoms with van der Waals surface area (Å²) in [5, 5.41) is 4.07. The minimum atomic E-state index is -0.167. The quantitative estimate of drug-likeness (QED) is 0.820. The fraction of sp³-hybridized carbons (Fsp3) is 0.417. The van der Waals surface area contributed by atoms with Gasteiger partial charge in [0, 0.05) is 31.8 Å². The summed E-state index contributed by atoms with van der Waals surface area (Å²) >= 11 is 0. The second-order valence-electron chi connectivity index (χ2n) is 4.29. The molecule has 0 aliphatic heterocycles. The van der Waals surface area contributed by atoms with Crippen molar-refractivity contribution in [2.75, 3.05) is 0 Å². The van der Waals surface area contributed by atoms with Gasteiger partial charge in [0.05, 0.1) is 11.4 Å². The van der Waals surface area contributed by atoms with Gasteiger partial charge in [-0.05, 0) is 12.5 Å². The Kier molecular flexibility index (Phi) is 3.57. The zero-order valence-electron chi connectivity index (χ0n) is 10.6. The third-order valence-electron chi connectivity index (χ3n) is 2.85. The molecule has 0 amide bonds. The molecule has 0 saturated carbocycles. The number of aromatic nitrogens is 4. The minimum absolute atomic E-state index is 0.00920. The van der Waals surface area contributed by atoms with Crippen molar-refractivity contribution >= 4 is 0 Å². The summed E-state index contributed by atoms with van der Waals surface area (Å²) in [7, 11) is 1.82. The van der Waals surface area contributed by atoms with E-state index < -0.39 is 0 Å². The highest BCUT2D eigenvalue weighted by Gasteiger charge is 2.09. The van der Waals surface area contributed by atoms with Gasteiger partial charge >= 0.3 is 0 Å². The monoisotopic (exact) mass is 247 g/mol. The van der Waals surface area contributed by atoms with Gasteiger partial charge in [0.15, 0.2) is 0 Å². The zero-order valence-corrected chi connectivity index (χ0v) is 10.6. The lowest BCUT2D eigenvalue weighted by atomic mass is 10.1. The first-order valence-electron chi connectivity index (χ1n) is 5.94. The summed E-state index contributed by atoms with van der Waals surface area (Å²) in [5.74, 6) is 0.619. The second kappa shape index (κ2) is 5.14. The molecule has 0 spiro atoms. The van der Waals surface area contributed by atoms with Gasteiger partial charge < -0.3 is 10.7 Å². The van der Waals surface area contributed by atoms with E-state index in [2.05, 4.69) is 15.1 Å². The Morgan fingerprint density at radius 2 is 2.33 bits per heavy atom. The van der Waals surface area contributed by atoms with Crippen LogP contribution in [0.25, 0.3) is 11.4 Å². The number of H-pyrrole nitrogens is 1. The Morgan fingerprint density at radius 3 is 2.94 bits per heavy atom.